The van der Waals surface area contributed by atoms with E-state index in [0.717, 1.165) is 54.7 Å². The van der Waals surface area contributed by atoms with Gasteiger partial charge in [-0.05, 0) is 62.6 Å². The molecule has 0 spiro atoms. The Morgan fingerprint density at radius 1 is 0.933 bits per heavy atom. The molecule has 0 heterocycles. The molecule has 30 heavy (non-hydrogen) atoms. The highest BCUT2D eigenvalue weighted by Crippen LogP contribution is 2.10. The van der Waals surface area contributed by atoms with E-state index in [9.17, 15) is 4.79 Å². The van der Waals surface area contributed by atoms with E-state index < -0.39 is 0 Å². The van der Waals surface area contributed by atoms with Crippen LogP contribution in [0.15, 0.2) is 53.5 Å². The lowest BCUT2D eigenvalue weighted by Crippen LogP contribution is -2.38. The van der Waals surface area contributed by atoms with E-state index >= 15 is 0 Å². The molecule has 1 amide bonds. The minimum Gasteiger partial charge on any atom is -0.357 e. The summed E-state index contributed by atoms with van der Waals surface area (Å²) < 4.78 is 0. The first kappa shape index (κ1) is 26.2. The van der Waals surface area contributed by atoms with E-state index in [2.05, 4.69) is 15.6 Å². The summed E-state index contributed by atoms with van der Waals surface area (Å²) in [4.78, 5) is 18.9. The molecule has 164 valence electrons. The van der Waals surface area contributed by atoms with Gasteiger partial charge in [0.1, 0.15) is 0 Å². The molecule has 0 fully saturated rings. The molecule has 0 aliphatic heterocycles. The molecule has 2 rings (SSSR count). The van der Waals surface area contributed by atoms with Gasteiger partial charge in [0.25, 0.3) is 5.91 Å². The number of carbonyl (C=O) groups is 1. The number of aliphatic imine (C=N–C) groups is 1. The van der Waals surface area contributed by atoms with Crippen molar-refractivity contribution in [3.63, 3.8) is 0 Å². The van der Waals surface area contributed by atoms with Crippen molar-refractivity contribution in [3.05, 3.63) is 70.2 Å². The molecule has 7 heteroatoms. The summed E-state index contributed by atoms with van der Waals surface area (Å²) in [5.74, 6) is 0.854. The number of halogens is 2. The van der Waals surface area contributed by atoms with Gasteiger partial charge in [0, 0.05) is 36.8 Å². The number of nitrogens with zero attached hydrogens (tertiary/aromatic N) is 2. The number of rotatable bonds is 9. The van der Waals surface area contributed by atoms with Crippen LogP contribution in [-0.2, 0) is 13.0 Å². The predicted octanol–water partition coefficient (Wildman–Crippen LogP) is 4.74. The maximum Gasteiger partial charge on any atom is 0.253 e. The Kier molecular flexibility index (Phi) is 12.5. The fraction of sp³-hybridized carbons (Fsp3) is 0.391. The summed E-state index contributed by atoms with van der Waals surface area (Å²) in [5.41, 5.74) is 3.01. The second-order valence-electron chi connectivity index (χ2n) is 6.67. The SMILES string of the molecule is CCNC(=NCc1ccc(C(=O)N(CC)CC)cc1)NCCc1ccc(Cl)cc1.I. The van der Waals surface area contributed by atoms with Gasteiger partial charge >= 0.3 is 0 Å². The monoisotopic (exact) mass is 542 g/mol. The minimum atomic E-state index is 0. The molecule has 5 nitrogen and oxygen atoms in total. The Balaban J connectivity index is 0.00000450. The molecule has 0 radical (unpaired) electrons. The lowest BCUT2D eigenvalue weighted by atomic mass is 10.1. The molecule has 0 aromatic heterocycles. The molecule has 0 saturated heterocycles. The van der Waals surface area contributed by atoms with Crippen molar-refractivity contribution in [2.75, 3.05) is 26.2 Å². The molecule has 0 bridgehead atoms. The maximum absolute atomic E-state index is 12.4. The summed E-state index contributed by atoms with van der Waals surface area (Å²) in [7, 11) is 0. The largest absolute Gasteiger partial charge is 0.357 e. The van der Waals surface area contributed by atoms with Crippen LogP contribution in [-0.4, -0.2) is 42.9 Å². The van der Waals surface area contributed by atoms with Gasteiger partial charge in [0.2, 0.25) is 0 Å². The first-order valence-corrected chi connectivity index (χ1v) is 10.6. The smallest absolute Gasteiger partial charge is 0.253 e. The maximum atomic E-state index is 12.4. The molecule has 0 saturated carbocycles. The summed E-state index contributed by atoms with van der Waals surface area (Å²) in [6, 6.07) is 15.6. The lowest BCUT2D eigenvalue weighted by molar-refractivity contribution is 0.0773. The molecule has 0 atom stereocenters. The third-order valence-corrected chi connectivity index (χ3v) is 4.89. The van der Waals surface area contributed by atoms with Crippen molar-refractivity contribution in [2.24, 2.45) is 4.99 Å². The summed E-state index contributed by atoms with van der Waals surface area (Å²) >= 11 is 5.93. The third kappa shape index (κ3) is 8.52. The fourth-order valence-corrected chi connectivity index (χ4v) is 3.06. The van der Waals surface area contributed by atoms with Gasteiger partial charge in [0.05, 0.1) is 6.54 Å². The van der Waals surface area contributed by atoms with Crippen LogP contribution in [0.3, 0.4) is 0 Å². The molecule has 0 unspecified atom stereocenters. The van der Waals surface area contributed by atoms with Gasteiger partial charge < -0.3 is 15.5 Å². The lowest BCUT2D eigenvalue weighted by Gasteiger charge is -2.18. The quantitative estimate of drug-likeness (QED) is 0.273. The van der Waals surface area contributed by atoms with Crippen molar-refractivity contribution in [2.45, 2.75) is 33.7 Å². The second-order valence-corrected chi connectivity index (χ2v) is 7.11. The fourth-order valence-electron chi connectivity index (χ4n) is 2.93. The molecule has 0 aliphatic carbocycles. The number of benzene rings is 2. The number of carbonyl (C=O) groups excluding carboxylic acids is 1. The van der Waals surface area contributed by atoms with Crippen LogP contribution in [0, 0.1) is 0 Å². The summed E-state index contributed by atoms with van der Waals surface area (Å²) in [5, 5.41) is 7.38. The van der Waals surface area contributed by atoms with Crippen LogP contribution in [0.4, 0.5) is 0 Å². The second kappa shape index (κ2) is 14.2. The highest BCUT2D eigenvalue weighted by Gasteiger charge is 2.11. The Bertz CT molecular complexity index is 790. The van der Waals surface area contributed by atoms with Crippen molar-refractivity contribution in [3.8, 4) is 0 Å². The van der Waals surface area contributed by atoms with Gasteiger partial charge in [-0.2, -0.15) is 0 Å². The van der Waals surface area contributed by atoms with E-state index in [-0.39, 0.29) is 29.9 Å². The topological polar surface area (TPSA) is 56.7 Å². The standard InChI is InChI=1S/C23H31ClN4O.HI/c1-4-25-23(26-16-15-18-9-13-21(24)14-10-18)27-17-19-7-11-20(12-8-19)22(29)28(5-2)6-3;/h7-14H,4-6,15-17H2,1-3H3,(H2,25,26,27);1H. The van der Waals surface area contributed by atoms with Gasteiger partial charge in [0.15, 0.2) is 5.96 Å². The zero-order valence-corrected chi connectivity index (χ0v) is 21.0. The summed E-state index contributed by atoms with van der Waals surface area (Å²) in [6.07, 6.45) is 0.893. The molecular weight excluding hydrogens is 511 g/mol. The van der Waals surface area contributed by atoms with Crippen LogP contribution in [0.5, 0.6) is 0 Å². The minimum absolute atomic E-state index is 0. The van der Waals surface area contributed by atoms with Gasteiger partial charge in [-0.25, -0.2) is 4.99 Å². The number of hydrogen-bond acceptors (Lipinski definition) is 2. The van der Waals surface area contributed by atoms with Crippen LogP contribution in [0.25, 0.3) is 0 Å². The molecule has 2 aromatic carbocycles. The third-order valence-electron chi connectivity index (χ3n) is 4.63. The van der Waals surface area contributed by atoms with Gasteiger partial charge in [-0.3, -0.25) is 4.79 Å². The van der Waals surface area contributed by atoms with Crippen LogP contribution in [0.2, 0.25) is 5.02 Å². The average molecular weight is 543 g/mol. The Morgan fingerprint density at radius 2 is 1.53 bits per heavy atom. The molecule has 2 aromatic rings. The van der Waals surface area contributed by atoms with E-state index in [4.69, 9.17) is 11.6 Å². The first-order valence-electron chi connectivity index (χ1n) is 10.2. The highest BCUT2D eigenvalue weighted by molar-refractivity contribution is 14.0. The normalized spacial score (nSPS) is 10.9. The number of guanidine groups is 1. The highest BCUT2D eigenvalue weighted by atomic mass is 127. The number of nitrogens with one attached hydrogen (secondary N) is 2. The average Bonchev–Trinajstić information content (AvgIpc) is 2.74. The zero-order chi connectivity index (χ0) is 21.1. The van der Waals surface area contributed by atoms with Gasteiger partial charge in [-0.15, -0.1) is 24.0 Å². The molecule has 0 aliphatic rings. The van der Waals surface area contributed by atoms with Crippen LogP contribution in [0.1, 0.15) is 42.3 Å². The van der Waals surface area contributed by atoms with E-state index in [0.29, 0.717) is 6.54 Å². The van der Waals surface area contributed by atoms with Crippen LogP contribution >= 0.6 is 35.6 Å². The van der Waals surface area contributed by atoms with Gasteiger partial charge in [-0.1, -0.05) is 35.9 Å². The van der Waals surface area contributed by atoms with E-state index in [1.807, 2.05) is 74.2 Å². The van der Waals surface area contributed by atoms with Crippen LogP contribution < -0.4 is 10.6 Å². The number of hydrogen-bond donors (Lipinski definition) is 2. The Hall–Kier alpha value is -1.80. The first-order chi connectivity index (χ1) is 14.1. The van der Waals surface area contributed by atoms with Crippen molar-refractivity contribution in [1.82, 2.24) is 15.5 Å². The summed E-state index contributed by atoms with van der Waals surface area (Å²) in [6.45, 7) is 9.60. The number of amides is 1. The van der Waals surface area contributed by atoms with Crippen molar-refractivity contribution >= 4 is 47.4 Å². The van der Waals surface area contributed by atoms with E-state index in [1.54, 1.807) is 0 Å². The Morgan fingerprint density at radius 3 is 2.10 bits per heavy atom. The molecule has 2 N–H and O–H groups in total. The predicted molar refractivity (Wildman–Crippen MR) is 137 cm³/mol. The Labute approximate surface area is 202 Å². The van der Waals surface area contributed by atoms with E-state index in [1.165, 1.54) is 5.56 Å². The van der Waals surface area contributed by atoms with Crippen molar-refractivity contribution < 1.29 is 4.79 Å². The van der Waals surface area contributed by atoms with Crippen molar-refractivity contribution in [1.29, 1.82) is 0 Å². The zero-order valence-electron chi connectivity index (χ0n) is 18.0. The molecular formula is C23H32ClIN4O.